The van der Waals surface area contributed by atoms with Crippen LogP contribution in [0, 0.1) is 0 Å². The Bertz CT molecular complexity index is 2810. The highest BCUT2D eigenvalue weighted by molar-refractivity contribution is 7.47. The molecule has 0 aromatic rings. The van der Waals surface area contributed by atoms with Crippen molar-refractivity contribution in [3.8, 4) is 0 Å². The van der Waals surface area contributed by atoms with Crippen LogP contribution in [0.3, 0.4) is 0 Å². The van der Waals surface area contributed by atoms with Gasteiger partial charge in [-0.3, -0.25) is 37.3 Å². The second-order valence-electron chi connectivity index (χ2n) is 26.2. The summed E-state index contributed by atoms with van der Waals surface area (Å²) in [4.78, 5) is 73.1. The van der Waals surface area contributed by atoms with Gasteiger partial charge in [-0.15, -0.1) is 0 Å². The summed E-state index contributed by atoms with van der Waals surface area (Å²) < 4.78 is 68.6. The summed E-state index contributed by atoms with van der Waals surface area (Å²) in [7, 11) is -10.0. The summed E-state index contributed by atoms with van der Waals surface area (Å²) >= 11 is 0. The standard InChI is InChI=1S/C89H142O17P2/c1-5-9-13-17-21-25-29-33-37-40-41-44-47-50-54-58-62-66-70-74-87(92)100-80-85(106-89(94)76-72-68-64-60-56-52-48-43-39-35-31-27-23-19-15-11-7-3)82-104-108(97,98)102-78-83(90)77-101-107(95,96)103-81-84(105-88(93)75-71-67-63-59-55-51-45-36-32-28-24-20-16-12-8-4)79-99-86(91)73-69-65-61-57-53-49-46-42-38-34-30-26-22-18-14-10-6-2/h9-16,21-28,33-39,41,44-45,48,50,52,54-55,59,83-85,90H,5-8,17-20,29-32,40,42-43,46-47,49,51,53,56-58,60-82H2,1-4H3,(H,95,96)(H,97,98)/b13-9-,14-10-,15-11-,16-12-,25-21-,26-22-,27-23-,28-24-,37-33-,38-34-,39-35-,44-41-,45-36-,52-48-,54-50-,59-55-. The summed E-state index contributed by atoms with van der Waals surface area (Å²) in [5.41, 5.74) is 0. The van der Waals surface area contributed by atoms with Gasteiger partial charge in [-0.05, 0) is 180 Å². The molecular formula is C89H142O17P2. The maximum Gasteiger partial charge on any atom is 0.472 e. The first-order valence-corrected chi connectivity index (χ1v) is 43.7. The van der Waals surface area contributed by atoms with Gasteiger partial charge in [0.15, 0.2) is 12.2 Å². The van der Waals surface area contributed by atoms with E-state index in [2.05, 4.69) is 222 Å². The van der Waals surface area contributed by atoms with E-state index >= 15 is 0 Å². The number of unbranched alkanes of at least 4 members (excludes halogenated alkanes) is 16. The molecule has 0 aliphatic rings. The second kappa shape index (κ2) is 79.0. The minimum absolute atomic E-state index is 0.0319. The highest BCUT2D eigenvalue weighted by Crippen LogP contribution is 2.45. The lowest BCUT2D eigenvalue weighted by Crippen LogP contribution is -2.30. The van der Waals surface area contributed by atoms with Gasteiger partial charge >= 0.3 is 39.5 Å². The fourth-order valence-electron chi connectivity index (χ4n) is 10.0. The molecule has 610 valence electrons. The van der Waals surface area contributed by atoms with E-state index in [0.717, 1.165) is 199 Å². The zero-order chi connectivity index (χ0) is 78.9. The largest absolute Gasteiger partial charge is 0.472 e. The van der Waals surface area contributed by atoms with Crippen LogP contribution >= 0.6 is 15.6 Å². The summed E-state index contributed by atoms with van der Waals surface area (Å²) in [6.45, 7) is 4.28. The number of esters is 4. The van der Waals surface area contributed by atoms with Gasteiger partial charge in [-0.25, -0.2) is 9.13 Å². The SMILES string of the molecule is CC/C=C\C/C=C\C/C=C\C/C=C\C/C=C\CCCCCC(=O)OCC(COP(=O)(O)OCC(O)COP(=O)(O)OCC(COC(=O)CCCCCCCCC/C=C\C/C=C\C/C=C\CC)OC(=O)CCCC/C=C\C/C=C\C/C=C\C/C=C\CC)OC(=O)CCCCCC/C=C\C/C=C\C/C=C\C/C=C\CC. The average Bonchev–Trinajstić information content (AvgIpc) is 0.906. The van der Waals surface area contributed by atoms with Crippen molar-refractivity contribution < 1.29 is 80.2 Å². The lowest BCUT2D eigenvalue weighted by Gasteiger charge is -2.21. The molecule has 0 fully saturated rings. The molecule has 0 aromatic heterocycles. The lowest BCUT2D eigenvalue weighted by atomic mass is 10.1. The number of hydrogen-bond acceptors (Lipinski definition) is 15. The number of rotatable bonds is 74. The molecule has 0 spiro atoms. The van der Waals surface area contributed by atoms with Crippen molar-refractivity contribution in [3.05, 3.63) is 194 Å². The molecule has 5 unspecified atom stereocenters. The van der Waals surface area contributed by atoms with Crippen molar-refractivity contribution in [3.63, 3.8) is 0 Å². The van der Waals surface area contributed by atoms with E-state index in [0.29, 0.717) is 32.1 Å². The van der Waals surface area contributed by atoms with Crippen LogP contribution in [-0.2, 0) is 65.4 Å². The Morgan fingerprint density at radius 3 is 0.722 bits per heavy atom. The van der Waals surface area contributed by atoms with Crippen LogP contribution in [0.5, 0.6) is 0 Å². The van der Waals surface area contributed by atoms with E-state index in [9.17, 15) is 43.2 Å². The normalized spacial score (nSPS) is 14.8. The molecule has 108 heavy (non-hydrogen) atoms. The zero-order valence-electron chi connectivity index (χ0n) is 66.7. The van der Waals surface area contributed by atoms with E-state index in [4.69, 9.17) is 37.0 Å². The molecule has 3 N–H and O–H groups in total. The Kier molecular flexibility index (Phi) is 74.5. The number of phosphoric ester groups is 2. The van der Waals surface area contributed by atoms with Gasteiger partial charge in [0.1, 0.15) is 19.3 Å². The fourth-order valence-corrected chi connectivity index (χ4v) is 11.6. The van der Waals surface area contributed by atoms with Crippen LogP contribution in [0.4, 0.5) is 0 Å². The van der Waals surface area contributed by atoms with Gasteiger partial charge < -0.3 is 33.8 Å². The molecule has 0 radical (unpaired) electrons. The van der Waals surface area contributed by atoms with Crippen LogP contribution in [0.25, 0.3) is 0 Å². The van der Waals surface area contributed by atoms with Crippen molar-refractivity contribution in [2.75, 3.05) is 39.6 Å². The van der Waals surface area contributed by atoms with Crippen molar-refractivity contribution in [1.29, 1.82) is 0 Å². The molecule has 5 atom stereocenters. The number of ether oxygens (including phenoxy) is 4. The third kappa shape index (κ3) is 78.0. The zero-order valence-corrected chi connectivity index (χ0v) is 68.5. The molecule has 0 bridgehead atoms. The first kappa shape index (κ1) is 102. The molecule has 0 heterocycles. The van der Waals surface area contributed by atoms with Gasteiger partial charge in [-0.1, -0.05) is 273 Å². The van der Waals surface area contributed by atoms with Crippen LogP contribution in [-0.4, -0.2) is 96.7 Å². The summed E-state index contributed by atoms with van der Waals surface area (Å²) in [5, 5.41) is 10.7. The third-order valence-corrected chi connectivity index (χ3v) is 17.9. The van der Waals surface area contributed by atoms with E-state index in [1.807, 2.05) is 0 Å². The highest BCUT2D eigenvalue weighted by atomic mass is 31.2. The molecule has 19 heteroatoms. The molecule has 0 saturated heterocycles. The Morgan fingerprint density at radius 1 is 0.259 bits per heavy atom. The van der Waals surface area contributed by atoms with E-state index in [-0.39, 0.29) is 25.7 Å². The van der Waals surface area contributed by atoms with Crippen LogP contribution in [0.15, 0.2) is 194 Å². The minimum atomic E-state index is -5.01. The van der Waals surface area contributed by atoms with Crippen LogP contribution in [0.2, 0.25) is 0 Å². The molecule has 0 aliphatic heterocycles. The van der Waals surface area contributed by atoms with Crippen LogP contribution < -0.4 is 0 Å². The first-order chi connectivity index (χ1) is 52.7. The number of carbonyl (C=O) groups excluding carboxylic acids is 4. The van der Waals surface area contributed by atoms with E-state index < -0.39 is 97.5 Å². The maximum absolute atomic E-state index is 13.1. The van der Waals surface area contributed by atoms with Crippen molar-refractivity contribution in [2.24, 2.45) is 0 Å². The summed E-state index contributed by atoms with van der Waals surface area (Å²) in [6.07, 6.45) is 96.9. The number of phosphoric acid groups is 2. The molecule has 0 rings (SSSR count). The Morgan fingerprint density at radius 2 is 0.454 bits per heavy atom. The van der Waals surface area contributed by atoms with Crippen molar-refractivity contribution >= 4 is 39.5 Å². The first-order valence-electron chi connectivity index (χ1n) is 40.7. The van der Waals surface area contributed by atoms with E-state index in [1.165, 1.54) is 0 Å². The molecule has 0 amide bonds. The van der Waals surface area contributed by atoms with Gasteiger partial charge in [-0.2, -0.15) is 0 Å². The van der Waals surface area contributed by atoms with Crippen LogP contribution in [0.1, 0.15) is 285 Å². The van der Waals surface area contributed by atoms with Gasteiger partial charge in [0, 0.05) is 25.7 Å². The number of hydrogen-bond donors (Lipinski definition) is 3. The number of aliphatic hydroxyl groups is 1. The average molecular weight is 1550 g/mol. The van der Waals surface area contributed by atoms with Gasteiger partial charge in [0.25, 0.3) is 0 Å². The predicted octanol–water partition coefficient (Wildman–Crippen LogP) is 24.1. The highest BCUT2D eigenvalue weighted by Gasteiger charge is 2.30. The number of aliphatic hydroxyl groups excluding tert-OH is 1. The predicted molar refractivity (Wildman–Crippen MR) is 445 cm³/mol. The molecule has 0 aliphatic carbocycles. The topological polar surface area (TPSA) is 237 Å². The molecular weight excluding hydrogens is 1400 g/mol. The number of carbonyl (C=O) groups is 4. The fraction of sp³-hybridized carbons (Fsp3) is 0.596. The smallest absolute Gasteiger partial charge is 0.462 e. The van der Waals surface area contributed by atoms with E-state index in [1.54, 1.807) is 0 Å². The Hall–Kier alpha value is -6.10. The second-order valence-corrected chi connectivity index (χ2v) is 29.1. The maximum atomic E-state index is 13.1. The van der Waals surface area contributed by atoms with Gasteiger partial charge in [0.2, 0.25) is 0 Å². The third-order valence-electron chi connectivity index (χ3n) is 16.0. The minimum Gasteiger partial charge on any atom is -0.462 e. The molecule has 0 aromatic carbocycles. The van der Waals surface area contributed by atoms with Crippen molar-refractivity contribution in [1.82, 2.24) is 0 Å². The lowest BCUT2D eigenvalue weighted by molar-refractivity contribution is -0.161. The monoisotopic (exact) mass is 1540 g/mol. The molecule has 0 saturated carbocycles. The Labute approximate surface area is 653 Å². The molecule has 17 nitrogen and oxygen atoms in total. The Balaban J connectivity index is 5.49. The van der Waals surface area contributed by atoms with Crippen molar-refractivity contribution in [2.45, 2.75) is 303 Å². The van der Waals surface area contributed by atoms with Gasteiger partial charge in [0.05, 0.1) is 26.4 Å². The summed E-state index contributed by atoms with van der Waals surface area (Å²) in [5.74, 6) is -2.32. The number of allylic oxidation sites excluding steroid dienone is 32. The quantitative estimate of drug-likeness (QED) is 0.0169. The summed E-state index contributed by atoms with van der Waals surface area (Å²) in [6, 6.07) is 0.